The average molecular weight is 312 g/mol. The number of nitrogens with one attached hydrogen (secondary N) is 1. The Labute approximate surface area is 131 Å². The summed E-state index contributed by atoms with van der Waals surface area (Å²) in [5.74, 6) is 0.710. The van der Waals surface area contributed by atoms with Crippen molar-refractivity contribution in [2.75, 3.05) is 6.54 Å². The first-order chi connectivity index (χ1) is 9.05. The van der Waals surface area contributed by atoms with E-state index in [-0.39, 0.29) is 5.54 Å². The number of benzene rings is 1. The van der Waals surface area contributed by atoms with Crippen LogP contribution < -0.4 is 5.32 Å². The zero-order valence-electron chi connectivity index (χ0n) is 13.9. The highest BCUT2D eigenvalue weighted by atomic mass is 35.5. The molecule has 0 aliphatic heterocycles. The minimum atomic E-state index is -1.05. The lowest BCUT2D eigenvalue weighted by Gasteiger charge is -2.29. The second-order valence-electron chi connectivity index (χ2n) is 8.09. The van der Waals surface area contributed by atoms with E-state index in [9.17, 15) is 0 Å². The Kier molecular flexibility index (Phi) is 6.30. The SMILES string of the molecule is CC(C)(C)NCC(Cc1ccc(Cl)cc1)C[Si](C)(C)C. The molecule has 1 rings (SSSR count). The molecule has 1 atom stereocenters. The van der Waals surface area contributed by atoms with Crippen molar-refractivity contribution >= 4 is 19.7 Å². The van der Waals surface area contributed by atoms with Crippen LogP contribution in [-0.2, 0) is 6.42 Å². The van der Waals surface area contributed by atoms with E-state index in [1.54, 1.807) is 0 Å². The Hall–Kier alpha value is -0.313. The molecule has 0 aliphatic carbocycles. The van der Waals surface area contributed by atoms with Gasteiger partial charge in [0.2, 0.25) is 0 Å². The first-order valence-corrected chi connectivity index (χ1v) is 11.6. The molecule has 0 spiro atoms. The lowest BCUT2D eigenvalue weighted by Crippen LogP contribution is -2.41. The van der Waals surface area contributed by atoms with Gasteiger partial charge in [-0.1, -0.05) is 49.4 Å². The number of halogens is 1. The Morgan fingerprint density at radius 2 is 1.65 bits per heavy atom. The molecule has 0 fully saturated rings. The van der Waals surface area contributed by atoms with Gasteiger partial charge in [-0.05, 0) is 57.4 Å². The van der Waals surface area contributed by atoms with Crippen LogP contribution in [0.3, 0.4) is 0 Å². The van der Waals surface area contributed by atoms with Crippen molar-refractivity contribution in [2.24, 2.45) is 5.92 Å². The summed E-state index contributed by atoms with van der Waals surface area (Å²) in [6.45, 7) is 15.2. The van der Waals surface area contributed by atoms with Crippen LogP contribution in [0.2, 0.25) is 30.7 Å². The molecule has 0 radical (unpaired) electrons. The van der Waals surface area contributed by atoms with E-state index < -0.39 is 8.07 Å². The lowest BCUT2D eigenvalue weighted by molar-refractivity contribution is 0.380. The van der Waals surface area contributed by atoms with Crippen LogP contribution in [-0.4, -0.2) is 20.2 Å². The van der Waals surface area contributed by atoms with Gasteiger partial charge in [-0.15, -0.1) is 0 Å². The first-order valence-electron chi connectivity index (χ1n) is 7.55. The smallest absolute Gasteiger partial charge is 0.0446 e. The van der Waals surface area contributed by atoms with Crippen molar-refractivity contribution in [1.29, 1.82) is 0 Å². The van der Waals surface area contributed by atoms with E-state index in [0.717, 1.165) is 18.0 Å². The second kappa shape index (κ2) is 7.10. The molecule has 0 heterocycles. The van der Waals surface area contributed by atoms with Crippen molar-refractivity contribution in [1.82, 2.24) is 5.32 Å². The Balaban J connectivity index is 2.69. The van der Waals surface area contributed by atoms with Gasteiger partial charge in [-0.3, -0.25) is 0 Å². The molecule has 1 unspecified atom stereocenters. The van der Waals surface area contributed by atoms with Gasteiger partial charge in [0.25, 0.3) is 0 Å². The molecule has 1 aromatic carbocycles. The summed E-state index contributed by atoms with van der Waals surface area (Å²) in [5.41, 5.74) is 1.59. The van der Waals surface area contributed by atoms with Crippen molar-refractivity contribution in [2.45, 2.75) is 58.4 Å². The fourth-order valence-electron chi connectivity index (χ4n) is 2.49. The van der Waals surface area contributed by atoms with Gasteiger partial charge in [-0.2, -0.15) is 0 Å². The molecular weight excluding hydrogens is 282 g/mol. The molecular formula is C17H30ClNSi. The summed E-state index contributed by atoms with van der Waals surface area (Å²) in [4.78, 5) is 0. The molecule has 0 aliphatic rings. The Morgan fingerprint density at radius 1 is 1.10 bits per heavy atom. The van der Waals surface area contributed by atoms with Crippen LogP contribution in [0.5, 0.6) is 0 Å². The topological polar surface area (TPSA) is 12.0 Å². The van der Waals surface area contributed by atoms with Crippen LogP contribution in [0.15, 0.2) is 24.3 Å². The van der Waals surface area contributed by atoms with Gasteiger partial charge < -0.3 is 5.32 Å². The third-order valence-electron chi connectivity index (χ3n) is 3.26. The van der Waals surface area contributed by atoms with Crippen molar-refractivity contribution in [3.8, 4) is 0 Å². The molecule has 0 aromatic heterocycles. The standard InChI is InChI=1S/C17H30ClNSi/c1-17(2,3)19-12-15(13-20(4,5)6)11-14-7-9-16(18)10-8-14/h7-10,15,19H,11-13H2,1-6H3. The minimum absolute atomic E-state index is 0.192. The molecule has 3 heteroatoms. The van der Waals surface area contributed by atoms with Gasteiger partial charge in [0.15, 0.2) is 0 Å². The largest absolute Gasteiger partial charge is 0.312 e. The van der Waals surface area contributed by atoms with E-state index >= 15 is 0 Å². The van der Waals surface area contributed by atoms with Gasteiger partial charge in [0.05, 0.1) is 0 Å². The highest BCUT2D eigenvalue weighted by Crippen LogP contribution is 2.22. The first kappa shape index (κ1) is 17.7. The molecule has 0 saturated heterocycles. The van der Waals surface area contributed by atoms with Gasteiger partial charge in [0, 0.05) is 18.6 Å². The predicted molar refractivity (Wildman–Crippen MR) is 94.6 cm³/mol. The van der Waals surface area contributed by atoms with Gasteiger partial charge in [-0.25, -0.2) is 0 Å². The monoisotopic (exact) mass is 311 g/mol. The van der Waals surface area contributed by atoms with E-state index in [1.165, 1.54) is 11.6 Å². The van der Waals surface area contributed by atoms with Crippen LogP contribution in [0.1, 0.15) is 26.3 Å². The molecule has 114 valence electrons. The maximum absolute atomic E-state index is 5.97. The summed E-state index contributed by atoms with van der Waals surface area (Å²) in [7, 11) is -1.05. The Bertz CT molecular complexity index is 400. The normalized spacial score (nSPS) is 14.3. The fourth-order valence-corrected chi connectivity index (χ4v) is 4.63. The third kappa shape index (κ3) is 8.08. The van der Waals surface area contributed by atoms with E-state index in [1.807, 2.05) is 12.1 Å². The summed E-state index contributed by atoms with van der Waals surface area (Å²) in [5, 5.41) is 4.49. The maximum atomic E-state index is 5.97. The van der Waals surface area contributed by atoms with Crippen LogP contribution in [0, 0.1) is 5.92 Å². The van der Waals surface area contributed by atoms with Crippen LogP contribution >= 0.6 is 11.6 Å². The van der Waals surface area contributed by atoms with E-state index in [0.29, 0.717) is 5.92 Å². The fraction of sp³-hybridized carbons (Fsp3) is 0.647. The van der Waals surface area contributed by atoms with E-state index in [4.69, 9.17) is 11.6 Å². The average Bonchev–Trinajstić information content (AvgIpc) is 2.26. The minimum Gasteiger partial charge on any atom is -0.312 e. The molecule has 20 heavy (non-hydrogen) atoms. The van der Waals surface area contributed by atoms with Crippen LogP contribution in [0.4, 0.5) is 0 Å². The zero-order valence-corrected chi connectivity index (χ0v) is 15.6. The predicted octanol–water partition coefficient (Wildman–Crippen LogP) is 5.23. The van der Waals surface area contributed by atoms with Gasteiger partial charge in [0.1, 0.15) is 0 Å². The third-order valence-corrected chi connectivity index (χ3v) is 5.31. The maximum Gasteiger partial charge on any atom is 0.0446 e. The summed E-state index contributed by atoms with van der Waals surface area (Å²) < 4.78 is 0. The number of rotatable bonds is 6. The molecule has 1 N–H and O–H groups in total. The molecule has 1 nitrogen and oxygen atoms in total. The number of hydrogen-bond donors (Lipinski definition) is 1. The van der Waals surface area contributed by atoms with Crippen LogP contribution in [0.25, 0.3) is 0 Å². The number of hydrogen-bond acceptors (Lipinski definition) is 1. The summed E-state index contributed by atoms with van der Waals surface area (Å²) >= 11 is 5.97. The quantitative estimate of drug-likeness (QED) is 0.710. The molecule has 1 aromatic rings. The van der Waals surface area contributed by atoms with E-state index in [2.05, 4.69) is 57.9 Å². The molecule has 0 bridgehead atoms. The van der Waals surface area contributed by atoms with Gasteiger partial charge >= 0.3 is 0 Å². The Morgan fingerprint density at radius 3 is 2.10 bits per heavy atom. The summed E-state index contributed by atoms with van der Waals surface area (Å²) in [6, 6.07) is 9.69. The van der Waals surface area contributed by atoms with Crippen molar-refractivity contribution in [3.05, 3.63) is 34.9 Å². The second-order valence-corrected chi connectivity index (χ2v) is 14.1. The van der Waals surface area contributed by atoms with Crippen molar-refractivity contribution < 1.29 is 0 Å². The zero-order chi connectivity index (χ0) is 15.4. The summed E-state index contributed by atoms with van der Waals surface area (Å²) in [6.07, 6.45) is 1.14. The molecule has 0 amide bonds. The lowest BCUT2D eigenvalue weighted by atomic mass is 9.99. The highest BCUT2D eigenvalue weighted by molar-refractivity contribution is 6.76. The highest BCUT2D eigenvalue weighted by Gasteiger charge is 2.22. The van der Waals surface area contributed by atoms with Crippen molar-refractivity contribution in [3.63, 3.8) is 0 Å². The molecule has 0 saturated carbocycles.